The lowest BCUT2D eigenvalue weighted by molar-refractivity contribution is 0.936. The third-order valence-corrected chi connectivity index (χ3v) is 4.76. The molecule has 0 aliphatic rings. The fraction of sp³-hybridized carbons (Fsp3) is 0.231. The zero-order valence-corrected chi connectivity index (χ0v) is 11.6. The molecule has 94 valence electrons. The number of thiophene rings is 1. The Morgan fingerprint density at radius 1 is 1.11 bits per heavy atom. The summed E-state index contributed by atoms with van der Waals surface area (Å²) in [7, 11) is 0. The third-order valence-electron chi connectivity index (χ3n) is 3.69. The SMILES string of the molecule is Cc1nc2sc3c(ncn4ncnc34)c2c(C)c1C. The first-order valence-corrected chi connectivity index (χ1v) is 6.83. The number of nitrogens with zero attached hydrogens (tertiary/aromatic N) is 5. The second kappa shape index (κ2) is 3.48. The first-order valence-electron chi connectivity index (χ1n) is 6.01. The minimum Gasteiger partial charge on any atom is -0.242 e. The molecule has 0 saturated carbocycles. The summed E-state index contributed by atoms with van der Waals surface area (Å²) in [5.74, 6) is 0. The molecule has 5 nitrogen and oxygen atoms in total. The van der Waals surface area contributed by atoms with Gasteiger partial charge in [-0.05, 0) is 31.9 Å². The summed E-state index contributed by atoms with van der Waals surface area (Å²) in [4.78, 5) is 14.6. The maximum absolute atomic E-state index is 4.69. The molecule has 0 radical (unpaired) electrons. The normalized spacial score (nSPS) is 11.9. The van der Waals surface area contributed by atoms with Crippen LogP contribution in [0.15, 0.2) is 12.7 Å². The van der Waals surface area contributed by atoms with Gasteiger partial charge >= 0.3 is 0 Å². The number of hydrogen-bond donors (Lipinski definition) is 0. The van der Waals surface area contributed by atoms with Crippen LogP contribution in [0.4, 0.5) is 0 Å². The predicted molar refractivity (Wildman–Crippen MR) is 75.7 cm³/mol. The predicted octanol–water partition coefficient (Wildman–Crippen LogP) is 2.81. The standard InChI is InChI=1S/C13H11N5S/c1-6-7(2)9-10-11(19-13(9)17-8(6)3)12-14-4-16-18(12)5-15-10/h4-5H,1-3H3. The Balaban J connectivity index is 2.33. The molecule has 4 aromatic heterocycles. The first-order chi connectivity index (χ1) is 9.16. The topological polar surface area (TPSA) is 56.0 Å². The van der Waals surface area contributed by atoms with E-state index in [2.05, 4.69) is 33.9 Å². The van der Waals surface area contributed by atoms with Crippen molar-refractivity contribution in [1.82, 2.24) is 24.6 Å². The van der Waals surface area contributed by atoms with Crippen LogP contribution in [0.1, 0.15) is 16.8 Å². The maximum atomic E-state index is 4.69. The van der Waals surface area contributed by atoms with Gasteiger partial charge in [-0.3, -0.25) is 0 Å². The monoisotopic (exact) mass is 269 g/mol. The quantitative estimate of drug-likeness (QED) is 0.492. The van der Waals surface area contributed by atoms with E-state index >= 15 is 0 Å². The van der Waals surface area contributed by atoms with E-state index in [9.17, 15) is 0 Å². The minimum atomic E-state index is 0.850. The van der Waals surface area contributed by atoms with Crippen molar-refractivity contribution in [1.29, 1.82) is 0 Å². The first kappa shape index (κ1) is 10.8. The Hall–Kier alpha value is -2.08. The molecule has 0 saturated heterocycles. The molecular formula is C13H11N5S. The van der Waals surface area contributed by atoms with E-state index in [0.717, 1.165) is 31.8 Å². The van der Waals surface area contributed by atoms with Crippen molar-refractivity contribution in [2.24, 2.45) is 0 Å². The zero-order valence-electron chi connectivity index (χ0n) is 10.8. The molecule has 6 heteroatoms. The molecule has 19 heavy (non-hydrogen) atoms. The average molecular weight is 269 g/mol. The molecule has 0 N–H and O–H groups in total. The van der Waals surface area contributed by atoms with Gasteiger partial charge in [0, 0.05) is 11.1 Å². The molecule has 0 aliphatic heterocycles. The van der Waals surface area contributed by atoms with E-state index in [-0.39, 0.29) is 0 Å². The molecular weight excluding hydrogens is 258 g/mol. The Morgan fingerprint density at radius 2 is 1.95 bits per heavy atom. The van der Waals surface area contributed by atoms with E-state index in [4.69, 9.17) is 0 Å². The van der Waals surface area contributed by atoms with Gasteiger partial charge in [0.05, 0.1) is 5.52 Å². The lowest BCUT2D eigenvalue weighted by atomic mass is 10.1. The lowest BCUT2D eigenvalue weighted by Gasteiger charge is -2.04. The van der Waals surface area contributed by atoms with Crippen molar-refractivity contribution in [2.45, 2.75) is 20.8 Å². The molecule has 0 aliphatic carbocycles. The van der Waals surface area contributed by atoms with Crippen molar-refractivity contribution in [3.8, 4) is 0 Å². The van der Waals surface area contributed by atoms with Crippen molar-refractivity contribution < 1.29 is 0 Å². The minimum absolute atomic E-state index is 0.850. The van der Waals surface area contributed by atoms with Crippen LogP contribution in [0.25, 0.3) is 26.1 Å². The highest BCUT2D eigenvalue weighted by Crippen LogP contribution is 2.36. The van der Waals surface area contributed by atoms with Gasteiger partial charge in [0.1, 0.15) is 22.2 Å². The molecule has 0 aromatic carbocycles. The molecule has 0 fully saturated rings. The maximum Gasteiger partial charge on any atom is 0.176 e. The van der Waals surface area contributed by atoms with E-state index in [1.807, 2.05) is 6.92 Å². The van der Waals surface area contributed by atoms with Crippen molar-refractivity contribution in [3.05, 3.63) is 29.5 Å². The lowest BCUT2D eigenvalue weighted by Crippen LogP contribution is -1.92. The summed E-state index contributed by atoms with van der Waals surface area (Å²) in [6, 6.07) is 0. The van der Waals surface area contributed by atoms with Gasteiger partial charge in [-0.15, -0.1) is 11.3 Å². The fourth-order valence-electron chi connectivity index (χ4n) is 2.41. The van der Waals surface area contributed by atoms with Crippen LogP contribution in [0, 0.1) is 20.8 Å². The van der Waals surface area contributed by atoms with Gasteiger partial charge in [0.2, 0.25) is 0 Å². The second-order valence-corrected chi connectivity index (χ2v) is 5.68. The van der Waals surface area contributed by atoms with Gasteiger partial charge in [0.25, 0.3) is 0 Å². The summed E-state index contributed by atoms with van der Waals surface area (Å²) < 4.78 is 2.75. The van der Waals surface area contributed by atoms with Gasteiger partial charge < -0.3 is 0 Å². The van der Waals surface area contributed by atoms with Gasteiger partial charge in [0.15, 0.2) is 5.65 Å². The van der Waals surface area contributed by atoms with Gasteiger partial charge in [-0.2, -0.15) is 5.10 Å². The van der Waals surface area contributed by atoms with Crippen LogP contribution in [-0.2, 0) is 0 Å². The van der Waals surface area contributed by atoms with Crippen LogP contribution in [0.5, 0.6) is 0 Å². The number of aromatic nitrogens is 5. The fourth-order valence-corrected chi connectivity index (χ4v) is 3.62. The largest absolute Gasteiger partial charge is 0.242 e. The van der Waals surface area contributed by atoms with E-state index < -0.39 is 0 Å². The van der Waals surface area contributed by atoms with Crippen molar-refractivity contribution in [3.63, 3.8) is 0 Å². The smallest absolute Gasteiger partial charge is 0.176 e. The number of hydrogen-bond acceptors (Lipinski definition) is 5. The van der Waals surface area contributed by atoms with Gasteiger partial charge in [-0.1, -0.05) is 0 Å². The molecule has 0 spiro atoms. The van der Waals surface area contributed by atoms with E-state index in [0.29, 0.717) is 0 Å². The average Bonchev–Trinajstić information content (AvgIpc) is 2.98. The zero-order chi connectivity index (χ0) is 13.1. The molecule has 4 rings (SSSR count). The summed E-state index contributed by atoms with van der Waals surface area (Å²) in [5, 5.41) is 5.27. The summed E-state index contributed by atoms with van der Waals surface area (Å²) in [6.07, 6.45) is 3.27. The second-order valence-electron chi connectivity index (χ2n) is 4.68. The summed E-state index contributed by atoms with van der Waals surface area (Å²) in [6.45, 7) is 6.29. The number of rotatable bonds is 0. The summed E-state index contributed by atoms with van der Waals surface area (Å²) >= 11 is 1.64. The summed E-state index contributed by atoms with van der Waals surface area (Å²) in [5.41, 5.74) is 5.39. The van der Waals surface area contributed by atoms with Crippen LogP contribution < -0.4 is 0 Å². The number of pyridine rings is 1. The Labute approximate surface area is 112 Å². The van der Waals surface area contributed by atoms with Crippen molar-refractivity contribution in [2.75, 3.05) is 0 Å². The van der Waals surface area contributed by atoms with Crippen molar-refractivity contribution >= 4 is 37.4 Å². The Bertz CT molecular complexity index is 950. The molecule has 0 atom stereocenters. The highest BCUT2D eigenvalue weighted by Gasteiger charge is 2.16. The van der Waals surface area contributed by atoms with Crippen LogP contribution in [-0.4, -0.2) is 24.6 Å². The molecule has 0 bridgehead atoms. The molecule has 0 amide bonds. The Morgan fingerprint density at radius 3 is 2.79 bits per heavy atom. The molecule has 4 aromatic rings. The number of aryl methyl sites for hydroxylation is 2. The highest BCUT2D eigenvalue weighted by atomic mass is 32.1. The van der Waals surface area contributed by atoms with E-state index in [1.54, 1.807) is 28.5 Å². The highest BCUT2D eigenvalue weighted by molar-refractivity contribution is 7.26. The van der Waals surface area contributed by atoms with Crippen LogP contribution in [0.2, 0.25) is 0 Å². The van der Waals surface area contributed by atoms with E-state index in [1.165, 1.54) is 11.1 Å². The van der Waals surface area contributed by atoms with Crippen LogP contribution >= 0.6 is 11.3 Å². The molecule has 0 unspecified atom stereocenters. The Kier molecular flexibility index (Phi) is 1.98. The molecule has 4 heterocycles. The third kappa shape index (κ3) is 1.29. The van der Waals surface area contributed by atoms with Crippen LogP contribution in [0.3, 0.4) is 0 Å². The van der Waals surface area contributed by atoms with Gasteiger partial charge in [-0.25, -0.2) is 19.5 Å². The number of fused-ring (bicyclic) bond motifs is 5.